The fourth-order valence-corrected chi connectivity index (χ4v) is 12.1. The van der Waals surface area contributed by atoms with Gasteiger partial charge in [-0.15, -0.1) is 0 Å². The number of rotatable bonds is 9. The second-order valence-electron chi connectivity index (χ2n) is 17.3. The van der Waals surface area contributed by atoms with Crippen molar-refractivity contribution in [3.8, 4) is 5.75 Å². The summed E-state index contributed by atoms with van der Waals surface area (Å²) in [5, 5.41) is 35.5. The monoisotopic (exact) mass is 635 g/mol. The molecule has 1 aromatic carbocycles. The zero-order valence-corrected chi connectivity index (χ0v) is 29.3. The van der Waals surface area contributed by atoms with Crippen LogP contribution in [0, 0.1) is 39.4 Å². The molecule has 0 unspecified atom stereocenters. The van der Waals surface area contributed by atoms with Gasteiger partial charge in [-0.2, -0.15) is 0 Å². The third-order valence-electron chi connectivity index (χ3n) is 14.0. The van der Waals surface area contributed by atoms with Gasteiger partial charge in [-0.3, -0.25) is 9.59 Å². The third-order valence-corrected chi connectivity index (χ3v) is 14.0. The predicted molar refractivity (Wildman–Crippen MR) is 178 cm³/mol. The molecule has 4 N–H and O–H groups in total. The first-order valence-corrected chi connectivity index (χ1v) is 17.7. The Bertz CT molecular complexity index is 1450. The van der Waals surface area contributed by atoms with E-state index >= 15 is 0 Å². The smallest absolute Gasteiger partial charge is 0.159 e. The zero-order valence-electron chi connectivity index (χ0n) is 29.3. The van der Waals surface area contributed by atoms with Crippen molar-refractivity contribution in [3.63, 3.8) is 0 Å². The average molecular weight is 636 g/mol. The Morgan fingerprint density at radius 2 is 1.74 bits per heavy atom. The zero-order chi connectivity index (χ0) is 33.6. The molecule has 9 atom stereocenters. The van der Waals surface area contributed by atoms with Gasteiger partial charge in [0.05, 0.1) is 11.7 Å². The van der Waals surface area contributed by atoms with Crippen LogP contribution in [0.1, 0.15) is 117 Å². The van der Waals surface area contributed by atoms with Gasteiger partial charge in [0.1, 0.15) is 17.6 Å². The highest BCUT2D eigenvalue weighted by molar-refractivity contribution is 6.00. The maximum atomic E-state index is 14.4. The van der Waals surface area contributed by atoms with Crippen LogP contribution in [-0.2, 0) is 20.9 Å². The van der Waals surface area contributed by atoms with E-state index in [1.807, 2.05) is 20.9 Å². The Balaban J connectivity index is 1.39. The fraction of sp³-hybridized carbons (Fsp3) is 0.744. The molecule has 1 heterocycles. The molecular formula is C39H57NO6. The van der Waals surface area contributed by atoms with Crippen LogP contribution in [0.4, 0.5) is 0 Å². The number of nitrogens with one attached hydrogen (secondary N) is 1. The average Bonchev–Trinajstić information content (AvgIpc) is 3.51. The maximum absolute atomic E-state index is 14.4. The van der Waals surface area contributed by atoms with Crippen molar-refractivity contribution in [1.29, 1.82) is 0 Å². The van der Waals surface area contributed by atoms with E-state index < -0.39 is 11.5 Å². The molecule has 0 aromatic heterocycles. The Kier molecular flexibility index (Phi) is 8.27. The number of hydrogen-bond donors (Lipinski definition) is 4. The molecular weight excluding hydrogens is 578 g/mol. The lowest BCUT2D eigenvalue weighted by atomic mass is 9.34. The number of ether oxygens (including phenoxy) is 1. The van der Waals surface area contributed by atoms with Crippen LogP contribution in [0.5, 0.6) is 5.75 Å². The van der Waals surface area contributed by atoms with E-state index in [9.17, 15) is 24.9 Å². The van der Waals surface area contributed by atoms with E-state index in [-0.39, 0.29) is 75.5 Å². The van der Waals surface area contributed by atoms with E-state index in [4.69, 9.17) is 4.74 Å². The molecule has 6 rings (SSSR count). The second kappa shape index (κ2) is 11.2. The molecule has 254 valence electrons. The Morgan fingerprint density at radius 3 is 2.37 bits per heavy atom. The summed E-state index contributed by atoms with van der Waals surface area (Å²) < 4.78 is 5.73. The van der Waals surface area contributed by atoms with Crippen molar-refractivity contribution in [3.05, 3.63) is 40.5 Å². The van der Waals surface area contributed by atoms with Crippen LogP contribution in [0.15, 0.2) is 29.3 Å². The van der Waals surface area contributed by atoms with Gasteiger partial charge in [0.25, 0.3) is 0 Å². The maximum Gasteiger partial charge on any atom is 0.159 e. The summed E-state index contributed by atoms with van der Waals surface area (Å²) in [6, 6.07) is 5.62. The minimum Gasteiger partial charge on any atom is -0.508 e. The van der Waals surface area contributed by atoms with Gasteiger partial charge < -0.3 is 25.4 Å². The number of Topliss-reactive ketones (excluding diaryl/α,β-unsaturated/α-hetero) is 2. The number of ketones is 2. The van der Waals surface area contributed by atoms with Gasteiger partial charge in [0.2, 0.25) is 0 Å². The number of aliphatic hydroxyl groups is 2. The number of epoxide rings is 1. The molecule has 0 amide bonds. The molecule has 7 heteroatoms. The number of phenolic OH excluding ortho intramolecular Hbond substituents is 1. The van der Waals surface area contributed by atoms with Crippen LogP contribution in [0.2, 0.25) is 0 Å². The number of hydrogen-bond acceptors (Lipinski definition) is 7. The molecule has 1 aromatic rings. The number of carbonyl (C=O) groups is 2. The Hall–Kier alpha value is -2.06. The molecule has 4 aliphatic carbocycles. The highest BCUT2D eigenvalue weighted by atomic mass is 16.6. The number of fused-ring (bicyclic) bond motifs is 5. The highest BCUT2D eigenvalue weighted by Gasteiger charge is 2.70. The standard InChI is InChI=1S/C39H57NO6/c1-22(15-28(43)34-36(4,5)46-34)32-27-9-10-31-37(6)19-26(24-16-23(21-40-8)17-25(42)18-24)33(45)35(2,3)30(37)11-12-39(31,13-14-41)38(27,7)20-29(32)44/h16-18,22,26,28,30-31,34,40-43H,9-15,19-21H2,1-8H3/t22-,26+,28-,30+,31+,34+,37+,38+,39-/m1/s1. The molecule has 0 bridgehead atoms. The third kappa shape index (κ3) is 4.89. The van der Waals surface area contributed by atoms with E-state index in [1.54, 1.807) is 12.1 Å². The topological polar surface area (TPSA) is 119 Å². The molecule has 4 fully saturated rings. The first-order chi connectivity index (χ1) is 21.5. The summed E-state index contributed by atoms with van der Waals surface area (Å²) in [5.74, 6) is 0.668. The SMILES string of the molecule is CNCc1cc(O)cc([C@@H]2C[C@@]3(C)[C@@H](CC[C@@]4(CCO)[C@H]3CCC3=C([C@H](C)C[C@@H](O)[C@@H]5OC5(C)C)C(=O)C[C@@]34C)C(C)(C)C2=O)c1. The molecule has 1 saturated heterocycles. The van der Waals surface area contributed by atoms with Crippen LogP contribution in [0.3, 0.4) is 0 Å². The first-order valence-electron chi connectivity index (χ1n) is 17.7. The van der Waals surface area contributed by atoms with Gasteiger partial charge >= 0.3 is 0 Å². The van der Waals surface area contributed by atoms with Crippen molar-refractivity contribution in [2.24, 2.45) is 39.4 Å². The predicted octanol–water partition coefficient (Wildman–Crippen LogP) is 6.23. The Labute approximate surface area is 275 Å². The molecule has 46 heavy (non-hydrogen) atoms. The number of aromatic hydroxyl groups is 1. The lowest BCUT2D eigenvalue weighted by Crippen LogP contribution is -2.64. The van der Waals surface area contributed by atoms with Crippen molar-refractivity contribution >= 4 is 11.6 Å². The van der Waals surface area contributed by atoms with Gasteiger partial charge in [-0.1, -0.05) is 46.3 Å². The van der Waals surface area contributed by atoms with Gasteiger partial charge in [-0.05, 0) is 123 Å². The van der Waals surface area contributed by atoms with E-state index in [0.717, 1.165) is 42.4 Å². The Morgan fingerprint density at radius 1 is 1.04 bits per heavy atom. The fourth-order valence-electron chi connectivity index (χ4n) is 12.1. The van der Waals surface area contributed by atoms with E-state index in [2.05, 4.69) is 46.0 Å². The summed E-state index contributed by atoms with van der Waals surface area (Å²) in [4.78, 5) is 28.4. The van der Waals surface area contributed by atoms with Crippen molar-refractivity contribution < 1.29 is 29.6 Å². The van der Waals surface area contributed by atoms with Crippen LogP contribution >= 0.6 is 0 Å². The number of phenols is 1. The lowest BCUT2D eigenvalue weighted by molar-refractivity contribution is -0.193. The summed E-state index contributed by atoms with van der Waals surface area (Å²) in [6.45, 7) is 15.7. The lowest BCUT2D eigenvalue weighted by Gasteiger charge is -2.69. The molecule has 7 nitrogen and oxygen atoms in total. The molecule has 1 aliphatic heterocycles. The molecule has 5 aliphatic rings. The summed E-state index contributed by atoms with van der Waals surface area (Å²) in [5.41, 5.74) is 2.32. The van der Waals surface area contributed by atoms with Crippen LogP contribution in [0.25, 0.3) is 0 Å². The summed E-state index contributed by atoms with van der Waals surface area (Å²) in [7, 11) is 1.88. The van der Waals surface area contributed by atoms with Gasteiger partial charge in [-0.25, -0.2) is 0 Å². The normalized spacial score (nSPS) is 39.0. The van der Waals surface area contributed by atoms with Crippen molar-refractivity contribution in [2.45, 2.75) is 130 Å². The minimum absolute atomic E-state index is 0.0672. The first kappa shape index (κ1) is 33.8. The van der Waals surface area contributed by atoms with Crippen LogP contribution < -0.4 is 5.32 Å². The number of carbonyl (C=O) groups excluding carboxylic acids is 2. The van der Waals surface area contributed by atoms with Crippen molar-refractivity contribution in [2.75, 3.05) is 13.7 Å². The molecule has 3 saturated carbocycles. The van der Waals surface area contributed by atoms with Gasteiger partial charge in [0, 0.05) is 36.3 Å². The van der Waals surface area contributed by atoms with Gasteiger partial charge in [0.15, 0.2) is 5.78 Å². The summed E-state index contributed by atoms with van der Waals surface area (Å²) >= 11 is 0. The molecule has 0 radical (unpaired) electrons. The largest absolute Gasteiger partial charge is 0.508 e. The quantitative estimate of drug-likeness (QED) is 0.238. The minimum atomic E-state index is -0.611. The summed E-state index contributed by atoms with van der Waals surface area (Å²) in [6.07, 6.45) is 5.02. The van der Waals surface area contributed by atoms with E-state index in [0.29, 0.717) is 32.2 Å². The number of allylic oxidation sites excluding steroid dienone is 2. The second-order valence-corrected chi connectivity index (χ2v) is 17.3. The number of benzene rings is 1. The van der Waals surface area contributed by atoms with Crippen molar-refractivity contribution in [1.82, 2.24) is 5.32 Å². The number of aliphatic hydroxyl groups excluding tert-OH is 2. The van der Waals surface area contributed by atoms with Crippen LogP contribution in [-0.4, -0.2) is 58.3 Å². The highest BCUT2D eigenvalue weighted by Crippen LogP contribution is 2.75. The van der Waals surface area contributed by atoms with E-state index in [1.165, 1.54) is 5.57 Å². The molecule has 0 spiro atoms.